The summed E-state index contributed by atoms with van der Waals surface area (Å²) in [4.78, 5) is 16.4. The molecule has 0 fully saturated rings. The van der Waals surface area contributed by atoms with Gasteiger partial charge in [0.25, 0.3) is 0 Å². The molecular weight excluding hydrogens is 232 g/mol. The molecule has 1 aromatic rings. The first-order chi connectivity index (χ1) is 8.43. The van der Waals surface area contributed by atoms with Crippen molar-refractivity contribution in [1.29, 1.82) is 0 Å². The van der Waals surface area contributed by atoms with Crippen molar-refractivity contribution in [3.05, 3.63) is 23.8 Å². The summed E-state index contributed by atoms with van der Waals surface area (Å²) in [5.74, 6) is 0.767. The molecule has 0 aliphatic heterocycles. The monoisotopic (exact) mass is 252 g/mol. The zero-order valence-electron chi connectivity index (χ0n) is 11.5. The highest BCUT2D eigenvalue weighted by atomic mass is 16.7. The van der Waals surface area contributed by atoms with Crippen LogP contribution >= 0.6 is 0 Å². The summed E-state index contributed by atoms with van der Waals surface area (Å²) in [5.41, 5.74) is 1.70. The number of hydrogen-bond donors (Lipinski definition) is 1. The van der Waals surface area contributed by atoms with Gasteiger partial charge in [0, 0.05) is 18.8 Å². The van der Waals surface area contributed by atoms with E-state index in [1.165, 1.54) is 14.2 Å². The van der Waals surface area contributed by atoms with Crippen molar-refractivity contribution in [2.45, 2.75) is 26.9 Å². The lowest BCUT2D eigenvalue weighted by Gasteiger charge is -2.17. The van der Waals surface area contributed by atoms with Crippen LogP contribution in [-0.2, 0) is 4.84 Å². The molecule has 5 heteroatoms. The molecule has 0 bridgehead atoms. The highest BCUT2D eigenvalue weighted by molar-refractivity contribution is 5.88. The maximum absolute atomic E-state index is 11.6. The van der Waals surface area contributed by atoms with Crippen LogP contribution in [0.15, 0.2) is 18.2 Å². The van der Waals surface area contributed by atoms with Crippen molar-refractivity contribution in [1.82, 2.24) is 5.06 Å². The fourth-order valence-corrected chi connectivity index (χ4v) is 1.34. The minimum Gasteiger partial charge on any atom is -0.491 e. The Balaban J connectivity index is 2.81. The summed E-state index contributed by atoms with van der Waals surface area (Å²) < 4.78 is 5.66. The van der Waals surface area contributed by atoms with Crippen molar-refractivity contribution in [2.24, 2.45) is 0 Å². The average molecular weight is 252 g/mol. The maximum Gasteiger partial charge on any atom is 0.345 e. The van der Waals surface area contributed by atoms with Crippen molar-refractivity contribution in [3.8, 4) is 5.75 Å². The fourth-order valence-electron chi connectivity index (χ4n) is 1.34. The third kappa shape index (κ3) is 3.92. The summed E-state index contributed by atoms with van der Waals surface area (Å²) in [6, 6.07) is 5.19. The molecule has 0 unspecified atom stereocenters. The first-order valence-electron chi connectivity index (χ1n) is 5.80. The minimum absolute atomic E-state index is 0.0938. The second-order valence-electron chi connectivity index (χ2n) is 4.26. The van der Waals surface area contributed by atoms with Crippen LogP contribution in [0.2, 0.25) is 0 Å². The molecule has 0 spiro atoms. The number of hydrogen-bond acceptors (Lipinski definition) is 3. The molecule has 2 amide bonds. The van der Waals surface area contributed by atoms with E-state index in [4.69, 9.17) is 9.57 Å². The summed E-state index contributed by atoms with van der Waals surface area (Å²) in [7, 11) is 2.97. The van der Waals surface area contributed by atoms with Crippen molar-refractivity contribution in [3.63, 3.8) is 0 Å². The van der Waals surface area contributed by atoms with E-state index in [1.807, 2.05) is 32.9 Å². The van der Waals surface area contributed by atoms with E-state index < -0.39 is 0 Å². The number of ether oxygens (including phenoxy) is 1. The van der Waals surface area contributed by atoms with Crippen LogP contribution in [0.5, 0.6) is 5.75 Å². The number of nitrogens with one attached hydrogen (secondary N) is 1. The number of aryl methyl sites for hydroxylation is 1. The lowest BCUT2D eigenvalue weighted by molar-refractivity contribution is -0.0598. The van der Waals surface area contributed by atoms with E-state index in [-0.39, 0.29) is 12.1 Å². The standard InChI is InChI=1S/C13H20N2O3/c1-9(2)18-12-8-11(7-6-10(12)3)14-13(16)15(4)17-5/h6-9H,1-5H3,(H,14,16). The van der Waals surface area contributed by atoms with Gasteiger partial charge in [-0.05, 0) is 32.4 Å². The zero-order chi connectivity index (χ0) is 13.7. The van der Waals surface area contributed by atoms with Gasteiger partial charge in [0.1, 0.15) is 5.75 Å². The summed E-state index contributed by atoms with van der Waals surface area (Å²) >= 11 is 0. The Morgan fingerprint density at radius 3 is 2.61 bits per heavy atom. The van der Waals surface area contributed by atoms with Gasteiger partial charge in [-0.1, -0.05) is 6.07 Å². The number of nitrogens with zero attached hydrogens (tertiary/aromatic N) is 1. The van der Waals surface area contributed by atoms with Gasteiger partial charge in [-0.25, -0.2) is 9.86 Å². The predicted octanol–water partition coefficient (Wildman–Crippen LogP) is 2.81. The van der Waals surface area contributed by atoms with Crippen LogP contribution in [0.25, 0.3) is 0 Å². The molecule has 0 heterocycles. The lowest BCUT2D eigenvalue weighted by atomic mass is 10.2. The normalized spacial score (nSPS) is 10.3. The quantitative estimate of drug-likeness (QED) is 0.838. The number of anilines is 1. The highest BCUT2D eigenvalue weighted by Crippen LogP contribution is 2.23. The third-order valence-electron chi connectivity index (χ3n) is 2.36. The molecule has 0 saturated heterocycles. The first kappa shape index (κ1) is 14.3. The largest absolute Gasteiger partial charge is 0.491 e. The summed E-state index contributed by atoms with van der Waals surface area (Å²) in [5, 5.41) is 3.83. The maximum atomic E-state index is 11.6. The molecule has 0 aliphatic rings. The molecule has 1 rings (SSSR count). The molecule has 100 valence electrons. The molecule has 5 nitrogen and oxygen atoms in total. The number of amides is 2. The Kier molecular flexibility index (Phi) is 4.97. The predicted molar refractivity (Wildman–Crippen MR) is 70.7 cm³/mol. The van der Waals surface area contributed by atoms with Crippen LogP contribution in [-0.4, -0.2) is 31.4 Å². The smallest absolute Gasteiger partial charge is 0.345 e. The van der Waals surface area contributed by atoms with E-state index >= 15 is 0 Å². The second-order valence-corrected chi connectivity index (χ2v) is 4.26. The van der Waals surface area contributed by atoms with Crippen LogP contribution in [0.3, 0.4) is 0 Å². The van der Waals surface area contributed by atoms with E-state index in [2.05, 4.69) is 5.32 Å². The molecule has 0 aliphatic carbocycles. The Labute approximate surface area is 108 Å². The number of urea groups is 1. The number of carbonyl (C=O) groups excluding carboxylic acids is 1. The van der Waals surface area contributed by atoms with Gasteiger partial charge in [-0.3, -0.25) is 4.84 Å². The first-order valence-corrected chi connectivity index (χ1v) is 5.80. The van der Waals surface area contributed by atoms with E-state index in [0.717, 1.165) is 16.4 Å². The number of carbonyl (C=O) groups is 1. The minimum atomic E-state index is -0.336. The van der Waals surface area contributed by atoms with Crippen LogP contribution in [0.1, 0.15) is 19.4 Å². The third-order valence-corrected chi connectivity index (χ3v) is 2.36. The van der Waals surface area contributed by atoms with Gasteiger partial charge >= 0.3 is 6.03 Å². The summed E-state index contributed by atoms with van der Waals surface area (Å²) in [6.45, 7) is 5.89. The number of benzene rings is 1. The molecule has 0 atom stereocenters. The molecule has 1 N–H and O–H groups in total. The average Bonchev–Trinajstić information content (AvgIpc) is 2.31. The van der Waals surface area contributed by atoms with Crippen molar-refractivity contribution in [2.75, 3.05) is 19.5 Å². The van der Waals surface area contributed by atoms with Gasteiger partial charge in [0.05, 0.1) is 13.2 Å². The second kappa shape index (κ2) is 6.26. The Bertz CT molecular complexity index is 419. The molecule has 0 aromatic heterocycles. The zero-order valence-corrected chi connectivity index (χ0v) is 11.5. The van der Waals surface area contributed by atoms with Crippen LogP contribution in [0, 0.1) is 6.92 Å². The van der Waals surface area contributed by atoms with Crippen LogP contribution < -0.4 is 10.1 Å². The van der Waals surface area contributed by atoms with Gasteiger partial charge in [0.15, 0.2) is 0 Å². The van der Waals surface area contributed by atoms with Crippen LogP contribution in [0.4, 0.5) is 10.5 Å². The molecular formula is C13H20N2O3. The van der Waals surface area contributed by atoms with Crippen molar-refractivity contribution < 1.29 is 14.4 Å². The Hall–Kier alpha value is -1.75. The SMILES string of the molecule is CON(C)C(=O)Nc1ccc(C)c(OC(C)C)c1. The molecule has 0 radical (unpaired) electrons. The summed E-state index contributed by atoms with van der Waals surface area (Å²) in [6.07, 6.45) is 0.0938. The fraction of sp³-hybridized carbons (Fsp3) is 0.462. The molecule has 0 saturated carbocycles. The van der Waals surface area contributed by atoms with Gasteiger partial charge < -0.3 is 10.1 Å². The Morgan fingerprint density at radius 1 is 1.39 bits per heavy atom. The van der Waals surface area contributed by atoms with E-state index in [9.17, 15) is 4.79 Å². The topological polar surface area (TPSA) is 50.8 Å². The van der Waals surface area contributed by atoms with Gasteiger partial charge in [-0.2, -0.15) is 0 Å². The van der Waals surface area contributed by atoms with Gasteiger partial charge in [0.2, 0.25) is 0 Å². The van der Waals surface area contributed by atoms with Crippen molar-refractivity contribution >= 4 is 11.7 Å². The lowest BCUT2D eigenvalue weighted by Crippen LogP contribution is -2.30. The number of rotatable bonds is 4. The Morgan fingerprint density at radius 2 is 2.06 bits per heavy atom. The van der Waals surface area contributed by atoms with E-state index in [1.54, 1.807) is 6.07 Å². The highest BCUT2D eigenvalue weighted by Gasteiger charge is 2.09. The van der Waals surface area contributed by atoms with Gasteiger partial charge in [-0.15, -0.1) is 0 Å². The van der Waals surface area contributed by atoms with E-state index in [0.29, 0.717) is 5.69 Å². The molecule has 18 heavy (non-hydrogen) atoms. The number of hydroxylamine groups is 2. The molecule has 1 aromatic carbocycles.